The van der Waals surface area contributed by atoms with Crippen LogP contribution in [0.3, 0.4) is 0 Å². The highest BCUT2D eigenvalue weighted by Crippen LogP contribution is 2.21. The Hall–Kier alpha value is -1.70. The molecule has 0 aliphatic carbocycles. The number of benzene rings is 1. The maximum absolute atomic E-state index is 12.0. The second kappa shape index (κ2) is 7.72. The first-order chi connectivity index (χ1) is 11.2. The zero-order valence-electron chi connectivity index (χ0n) is 12.0. The highest BCUT2D eigenvalue weighted by Gasteiger charge is 2.12. The van der Waals surface area contributed by atoms with Crippen LogP contribution in [-0.4, -0.2) is 26.7 Å². The first-order valence-electron chi connectivity index (χ1n) is 6.80. The Kier molecular flexibility index (Phi) is 5.43. The van der Waals surface area contributed by atoms with Gasteiger partial charge in [-0.15, -0.1) is 11.3 Å². The maximum atomic E-state index is 12.0. The second-order valence-corrected chi connectivity index (χ2v) is 7.54. The van der Waals surface area contributed by atoms with Crippen LogP contribution in [0, 0.1) is 0 Å². The summed E-state index contributed by atoms with van der Waals surface area (Å²) in [6.07, 6.45) is 0. The fourth-order valence-electron chi connectivity index (χ4n) is 1.84. The van der Waals surface area contributed by atoms with E-state index in [0.717, 1.165) is 4.88 Å². The maximum Gasteiger partial charge on any atom is 0.239 e. The zero-order chi connectivity index (χ0) is 16.1. The Balaban J connectivity index is 1.48. The Morgan fingerprint density at radius 3 is 3.00 bits per heavy atom. The molecule has 23 heavy (non-hydrogen) atoms. The lowest BCUT2D eigenvalue weighted by atomic mass is 10.3. The molecule has 3 aromatic rings. The van der Waals surface area contributed by atoms with Crippen molar-refractivity contribution < 1.29 is 13.5 Å². The first kappa shape index (κ1) is 16.2. The number of rotatable bonds is 7. The van der Waals surface area contributed by atoms with Crippen molar-refractivity contribution in [3.8, 4) is 16.5 Å². The molecule has 0 radical (unpaired) electrons. The molecule has 0 spiro atoms. The first-order valence-corrected chi connectivity index (χ1v) is 9.55. The van der Waals surface area contributed by atoms with E-state index in [2.05, 4.69) is 10.1 Å². The van der Waals surface area contributed by atoms with Crippen molar-refractivity contribution in [1.82, 2.24) is 10.1 Å². The third kappa shape index (κ3) is 4.63. The number of hydrogen-bond acceptors (Lipinski definition) is 6. The van der Waals surface area contributed by atoms with Crippen molar-refractivity contribution in [2.75, 3.05) is 12.4 Å². The third-order valence-electron chi connectivity index (χ3n) is 2.87. The van der Waals surface area contributed by atoms with Gasteiger partial charge in [0.15, 0.2) is 0 Å². The number of halogens is 1. The van der Waals surface area contributed by atoms with Crippen LogP contribution in [0.15, 0.2) is 46.3 Å². The summed E-state index contributed by atoms with van der Waals surface area (Å²) >= 11 is 7.40. The van der Waals surface area contributed by atoms with Crippen LogP contribution >= 0.6 is 22.9 Å². The van der Waals surface area contributed by atoms with E-state index in [0.29, 0.717) is 34.8 Å². The number of aromatic nitrogens is 2. The normalized spacial score (nSPS) is 12.2. The summed E-state index contributed by atoms with van der Waals surface area (Å²) in [4.78, 5) is 5.18. The summed E-state index contributed by atoms with van der Waals surface area (Å²) in [6.45, 7) is 0.332. The van der Waals surface area contributed by atoms with Gasteiger partial charge in [-0.25, -0.2) is 0 Å². The number of ether oxygens (including phenoxy) is 1. The van der Waals surface area contributed by atoms with E-state index in [1.165, 1.54) is 11.3 Å². The molecule has 0 saturated heterocycles. The minimum Gasteiger partial charge on any atom is -0.493 e. The molecule has 0 saturated carbocycles. The van der Waals surface area contributed by atoms with E-state index in [1.807, 2.05) is 17.5 Å². The lowest BCUT2D eigenvalue weighted by Gasteiger charge is -2.05. The predicted octanol–water partition coefficient (Wildman–Crippen LogP) is 3.78. The Bertz CT molecular complexity index is 790. The molecular weight excluding hydrogens is 356 g/mol. The number of hydrogen-bond donors (Lipinski definition) is 0. The minimum atomic E-state index is -1.13. The summed E-state index contributed by atoms with van der Waals surface area (Å²) in [6, 6.07) is 10.9. The quantitative estimate of drug-likeness (QED) is 0.635. The average molecular weight is 369 g/mol. The molecule has 1 aromatic carbocycles. The van der Waals surface area contributed by atoms with Gasteiger partial charge in [0, 0.05) is 15.8 Å². The van der Waals surface area contributed by atoms with Gasteiger partial charge in [0.2, 0.25) is 11.7 Å². The van der Waals surface area contributed by atoms with E-state index in [4.69, 9.17) is 20.9 Å². The molecule has 0 amide bonds. The van der Waals surface area contributed by atoms with Crippen molar-refractivity contribution in [2.24, 2.45) is 0 Å². The molecule has 2 heterocycles. The summed E-state index contributed by atoms with van der Waals surface area (Å²) in [5.41, 5.74) is 0. The highest BCUT2D eigenvalue weighted by atomic mass is 35.5. The van der Waals surface area contributed by atoms with Crippen LogP contribution in [0.2, 0.25) is 5.02 Å². The molecule has 3 rings (SSSR count). The van der Waals surface area contributed by atoms with Gasteiger partial charge in [0.05, 0.1) is 17.2 Å². The van der Waals surface area contributed by atoms with E-state index in [-0.39, 0.29) is 5.75 Å². The molecule has 0 aliphatic rings. The van der Waals surface area contributed by atoms with Crippen LogP contribution in [0.25, 0.3) is 10.7 Å². The molecule has 120 valence electrons. The lowest BCUT2D eigenvalue weighted by Crippen LogP contribution is -2.10. The van der Waals surface area contributed by atoms with Crippen molar-refractivity contribution in [1.29, 1.82) is 0 Å². The molecule has 5 nitrogen and oxygen atoms in total. The topological polar surface area (TPSA) is 65.2 Å². The molecule has 0 unspecified atom stereocenters. The standard InChI is InChI=1S/C15H13ClN2O3S2/c16-11-3-1-4-12(9-11)20-6-8-23(19)10-14-17-15(18-21-14)13-5-2-7-22-13/h1-5,7,9H,6,8,10H2/t23-/m0/s1. The summed E-state index contributed by atoms with van der Waals surface area (Å²) in [5.74, 6) is 2.16. The van der Waals surface area contributed by atoms with E-state index in [1.54, 1.807) is 24.3 Å². The molecule has 0 fully saturated rings. The molecule has 8 heteroatoms. The summed E-state index contributed by atoms with van der Waals surface area (Å²) in [5, 5.41) is 6.44. The predicted molar refractivity (Wildman–Crippen MR) is 91.3 cm³/mol. The summed E-state index contributed by atoms with van der Waals surface area (Å²) < 4.78 is 22.7. The lowest BCUT2D eigenvalue weighted by molar-refractivity contribution is 0.342. The fourth-order valence-corrected chi connectivity index (χ4v) is 3.47. The molecule has 1 atom stereocenters. The zero-order valence-corrected chi connectivity index (χ0v) is 14.4. The van der Waals surface area contributed by atoms with Crippen molar-refractivity contribution >= 4 is 33.7 Å². The van der Waals surface area contributed by atoms with Crippen LogP contribution in [0.1, 0.15) is 5.89 Å². The second-order valence-electron chi connectivity index (χ2n) is 4.58. The van der Waals surface area contributed by atoms with Crippen LogP contribution in [0.4, 0.5) is 0 Å². The van der Waals surface area contributed by atoms with E-state index < -0.39 is 10.8 Å². The van der Waals surface area contributed by atoms with Crippen molar-refractivity contribution in [3.63, 3.8) is 0 Å². The Labute approximate surface area is 144 Å². The van der Waals surface area contributed by atoms with Gasteiger partial charge in [-0.3, -0.25) is 4.21 Å². The largest absolute Gasteiger partial charge is 0.493 e. The SMILES string of the molecule is O=[S@@](CCOc1cccc(Cl)c1)Cc1nc(-c2cccs2)no1. The van der Waals surface area contributed by atoms with Gasteiger partial charge in [-0.05, 0) is 29.6 Å². The monoisotopic (exact) mass is 368 g/mol. The van der Waals surface area contributed by atoms with Crippen LogP contribution in [0.5, 0.6) is 5.75 Å². The van der Waals surface area contributed by atoms with Crippen LogP contribution in [-0.2, 0) is 16.6 Å². The van der Waals surface area contributed by atoms with Crippen molar-refractivity contribution in [2.45, 2.75) is 5.75 Å². The van der Waals surface area contributed by atoms with Gasteiger partial charge >= 0.3 is 0 Å². The number of nitrogens with zero attached hydrogens (tertiary/aromatic N) is 2. The van der Waals surface area contributed by atoms with Gasteiger partial charge in [0.25, 0.3) is 0 Å². The van der Waals surface area contributed by atoms with Gasteiger partial charge in [0.1, 0.15) is 11.5 Å². The van der Waals surface area contributed by atoms with Crippen molar-refractivity contribution in [3.05, 3.63) is 52.7 Å². The molecule has 2 aromatic heterocycles. The smallest absolute Gasteiger partial charge is 0.239 e. The fraction of sp³-hybridized carbons (Fsp3) is 0.200. The minimum absolute atomic E-state index is 0.220. The molecular formula is C15H13ClN2O3S2. The van der Waals surface area contributed by atoms with Crippen LogP contribution < -0.4 is 4.74 Å². The highest BCUT2D eigenvalue weighted by molar-refractivity contribution is 7.84. The van der Waals surface area contributed by atoms with Gasteiger partial charge in [-0.1, -0.05) is 28.9 Å². The van der Waals surface area contributed by atoms with E-state index in [9.17, 15) is 4.21 Å². The molecule has 0 bridgehead atoms. The van der Waals surface area contributed by atoms with E-state index >= 15 is 0 Å². The third-order valence-corrected chi connectivity index (χ3v) is 5.16. The average Bonchev–Trinajstić information content (AvgIpc) is 3.18. The molecule has 0 aliphatic heterocycles. The molecule has 0 N–H and O–H groups in total. The van der Waals surface area contributed by atoms with Gasteiger partial charge < -0.3 is 9.26 Å². The summed E-state index contributed by atoms with van der Waals surface area (Å²) in [7, 11) is -1.13. The Morgan fingerprint density at radius 1 is 1.30 bits per heavy atom. The number of thiophene rings is 1. The Morgan fingerprint density at radius 2 is 2.22 bits per heavy atom. The van der Waals surface area contributed by atoms with Gasteiger partial charge in [-0.2, -0.15) is 4.98 Å².